The Labute approximate surface area is 179 Å². The predicted molar refractivity (Wildman–Crippen MR) is 118 cm³/mol. The van der Waals surface area contributed by atoms with Crippen LogP contribution in [0.15, 0.2) is 35.7 Å². The molecule has 2 amide bonds. The summed E-state index contributed by atoms with van der Waals surface area (Å²) in [7, 11) is 1.83. The summed E-state index contributed by atoms with van der Waals surface area (Å²) in [6, 6.07) is 4.84. The Kier molecular flexibility index (Phi) is 4.82. The molecule has 9 nitrogen and oxygen atoms in total. The number of carbonyl (C=O) groups is 2. The molecule has 2 aromatic heterocycles. The van der Waals surface area contributed by atoms with Crippen LogP contribution in [0.1, 0.15) is 48.0 Å². The second-order valence-electron chi connectivity index (χ2n) is 8.30. The van der Waals surface area contributed by atoms with Gasteiger partial charge in [-0.3, -0.25) is 24.4 Å². The SMILES string of the molecule is Cn1cc(-c2c3c4c(cccc4n2NC(=O)[C@H](N)C2CCCCC2)C(=O)NN=C3)cn1. The largest absolute Gasteiger partial charge is 0.320 e. The van der Waals surface area contributed by atoms with Crippen molar-refractivity contribution in [1.82, 2.24) is 19.9 Å². The van der Waals surface area contributed by atoms with Crippen molar-refractivity contribution in [2.45, 2.75) is 38.1 Å². The number of nitrogens with zero attached hydrogens (tertiary/aromatic N) is 4. The summed E-state index contributed by atoms with van der Waals surface area (Å²) in [5, 5.41) is 9.10. The van der Waals surface area contributed by atoms with Crippen LogP contribution < -0.4 is 16.6 Å². The van der Waals surface area contributed by atoms with Crippen LogP contribution in [0.25, 0.3) is 22.2 Å². The monoisotopic (exact) mass is 419 g/mol. The molecular weight excluding hydrogens is 394 g/mol. The third-order valence-electron chi connectivity index (χ3n) is 6.30. The number of amides is 2. The lowest BCUT2D eigenvalue weighted by Gasteiger charge is -2.27. The molecule has 4 N–H and O–H groups in total. The molecule has 3 aromatic rings. The quantitative estimate of drug-likeness (QED) is 0.600. The van der Waals surface area contributed by atoms with Crippen LogP contribution in [0.2, 0.25) is 0 Å². The first-order valence-electron chi connectivity index (χ1n) is 10.6. The van der Waals surface area contributed by atoms with Crippen molar-refractivity contribution < 1.29 is 9.59 Å². The van der Waals surface area contributed by atoms with Gasteiger partial charge in [-0.15, -0.1) is 0 Å². The Morgan fingerprint density at radius 3 is 2.84 bits per heavy atom. The van der Waals surface area contributed by atoms with Gasteiger partial charge in [0, 0.05) is 29.8 Å². The lowest BCUT2D eigenvalue weighted by molar-refractivity contribution is -0.119. The molecule has 0 saturated heterocycles. The third kappa shape index (κ3) is 3.31. The van der Waals surface area contributed by atoms with E-state index >= 15 is 0 Å². The predicted octanol–water partition coefficient (Wildman–Crippen LogP) is 2.10. The number of carbonyl (C=O) groups excluding carboxylic acids is 2. The highest BCUT2D eigenvalue weighted by Crippen LogP contribution is 2.35. The molecule has 160 valence electrons. The van der Waals surface area contributed by atoms with Gasteiger partial charge in [-0.25, -0.2) is 5.43 Å². The van der Waals surface area contributed by atoms with E-state index in [9.17, 15) is 9.59 Å². The van der Waals surface area contributed by atoms with Crippen molar-refractivity contribution in [3.8, 4) is 11.3 Å². The van der Waals surface area contributed by atoms with Crippen molar-refractivity contribution >= 4 is 28.9 Å². The molecule has 9 heteroatoms. The van der Waals surface area contributed by atoms with Crippen molar-refractivity contribution in [3.63, 3.8) is 0 Å². The van der Waals surface area contributed by atoms with Gasteiger partial charge in [0.15, 0.2) is 0 Å². The molecule has 5 rings (SSSR count). The number of hydrogen-bond donors (Lipinski definition) is 3. The molecule has 3 heterocycles. The normalized spacial score (nSPS) is 17.4. The average molecular weight is 419 g/mol. The van der Waals surface area contributed by atoms with Gasteiger partial charge >= 0.3 is 0 Å². The standard InChI is InChI=1S/C22H25N7O2/c1-28-12-14(10-25-28)20-16-11-24-26-21(30)15-8-5-9-17(18(15)16)29(20)27-22(31)19(23)13-6-3-2-4-7-13/h5,8-13,19H,2-4,6-7,23H2,1H3,(H,26,30)(H,27,31)/t19-/m1/s1. The van der Waals surface area contributed by atoms with Crippen LogP contribution in [-0.4, -0.2) is 38.5 Å². The molecule has 1 atom stereocenters. The molecule has 2 aliphatic rings. The number of hydrazone groups is 1. The van der Waals surface area contributed by atoms with E-state index in [2.05, 4.69) is 21.1 Å². The van der Waals surface area contributed by atoms with Gasteiger partial charge in [0.05, 0.1) is 35.2 Å². The molecule has 1 fully saturated rings. The summed E-state index contributed by atoms with van der Waals surface area (Å²) in [5.74, 6) is -0.344. The average Bonchev–Trinajstić information content (AvgIpc) is 3.29. The molecule has 1 aromatic carbocycles. The Bertz CT molecular complexity index is 1200. The van der Waals surface area contributed by atoms with Crippen molar-refractivity contribution in [2.24, 2.45) is 23.8 Å². The van der Waals surface area contributed by atoms with Gasteiger partial charge in [0.1, 0.15) is 0 Å². The fourth-order valence-corrected chi connectivity index (χ4v) is 4.74. The summed E-state index contributed by atoms with van der Waals surface area (Å²) in [5.41, 5.74) is 15.4. The molecule has 1 aliphatic heterocycles. The first-order valence-corrected chi connectivity index (χ1v) is 10.6. The van der Waals surface area contributed by atoms with Crippen LogP contribution in [0.4, 0.5) is 0 Å². The van der Waals surface area contributed by atoms with E-state index in [4.69, 9.17) is 5.73 Å². The van der Waals surface area contributed by atoms with Gasteiger partial charge < -0.3 is 5.73 Å². The van der Waals surface area contributed by atoms with Gasteiger partial charge in [0.2, 0.25) is 0 Å². The van der Waals surface area contributed by atoms with E-state index in [0.29, 0.717) is 16.8 Å². The number of nitrogens with two attached hydrogens (primary N) is 1. The Hall–Kier alpha value is -3.46. The number of hydrogen-bond acceptors (Lipinski definition) is 5. The molecular formula is C22H25N7O2. The molecule has 0 radical (unpaired) electrons. The Morgan fingerprint density at radius 1 is 1.29 bits per heavy atom. The molecule has 0 unspecified atom stereocenters. The molecule has 1 aliphatic carbocycles. The van der Waals surface area contributed by atoms with Crippen molar-refractivity contribution in [1.29, 1.82) is 0 Å². The highest BCUT2D eigenvalue weighted by atomic mass is 16.2. The zero-order chi connectivity index (χ0) is 21.5. The van der Waals surface area contributed by atoms with Crippen molar-refractivity contribution in [2.75, 3.05) is 5.43 Å². The molecule has 0 spiro atoms. The first-order chi connectivity index (χ1) is 15.0. The maximum absolute atomic E-state index is 13.2. The molecule has 31 heavy (non-hydrogen) atoms. The van der Waals surface area contributed by atoms with Crippen molar-refractivity contribution in [3.05, 3.63) is 41.7 Å². The Morgan fingerprint density at radius 2 is 2.10 bits per heavy atom. The van der Waals surface area contributed by atoms with Gasteiger partial charge in [-0.2, -0.15) is 10.2 Å². The zero-order valence-electron chi connectivity index (χ0n) is 17.3. The highest BCUT2D eigenvalue weighted by molar-refractivity contribution is 6.17. The van der Waals surface area contributed by atoms with E-state index in [0.717, 1.165) is 42.2 Å². The second-order valence-corrected chi connectivity index (χ2v) is 8.30. The minimum absolute atomic E-state index is 0.179. The number of aryl methyl sites for hydroxylation is 1. The van der Waals surface area contributed by atoms with E-state index < -0.39 is 6.04 Å². The van der Waals surface area contributed by atoms with E-state index in [1.807, 2.05) is 19.3 Å². The topological polar surface area (TPSA) is 119 Å². The van der Waals surface area contributed by atoms with Gasteiger partial charge in [-0.1, -0.05) is 25.3 Å². The number of rotatable bonds is 4. The molecule has 0 bridgehead atoms. The highest BCUT2D eigenvalue weighted by Gasteiger charge is 2.29. The summed E-state index contributed by atoms with van der Waals surface area (Å²) in [6.45, 7) is 0. The van der Waals surface area contributed by atoms with E-state index in [1.54, 1.807) is 33.9 Å². The smallest absolute Gasteiger partial charge is 0.272 e. The van der Waals surface area contributed by atoms with Gasteiger partial charge in [0.25, 0.3) is 11.8 Å². The zero-order valence-corrected chi connectivity index (χ0v) is 17.3. The lowest BCUT2D eigenvalue weighted by Crippen LogP contribution is -2.45. The number of aromatic nitrogens is 3. The third-order valence-corrected chi connectivity index (χ3v) is 6.30. The maximum Gasteiger partial charge on any atom is 0.272 e. The second kappa shape index (κ2) is 7.66. The molecule has 1 saturated carbocycles. The van der Waals surface area contributed by atoms with E-state index in [-0.39, 0.29) is 17.7 Å². The summed E-state index contributed by atoms with van der Waals surface area (Å²) in [6.07, 6.45) is 10.6. The minimum atomic E-state index is -0.587. The summed E-state index contributed by atoms with van der Waals surface area (Å²) >= 11 is 0. The lowest BCUT2D eigenvalue weighted by atomic mass is 9.84. The van der Waals surface area contributed by atoms with Crippen LogP contribution in [-0.2, 0) is 11.8 Å². The van der Waals surface area contributed by atoms with Crippen LogP contribution in [0.5, 0.6) is 0 Å². The number of nitrogens with one attached hydrogen (secondary N) is 2. The van der Waals surface area contributed by atoms with Crippen LogP contribution in [0.3, 0.4) is 0 Å². The van der Waals surface area contributed by atoms with Crippen LogP contribution >= 0.6 is 0 Å². The fourth-order valence-electron chi connectivity index (χ4n) is 4.74. The van der Waals surface area contributed by atoms with E-state index in [1.165, 1.54) is 6.42 Å². The first kappa shape index (κ1) is 19.5. The minimum Gasteiger partial charge on any atom is -0.320 e. The van der Waals surface area contributed by atoms with Gasteiger partial charge in [-0.05, 0) is 30.9 Å². The van der Waals surface area contributed by atoms with Crippen LogP contribution in [0, 0.1) is 5.92 Å². The number of benzene rings is 1. The maximum atomic E-state index is 13.2. The Balaban J connectivity index is 1.65. The fraction of sp³-hybridized carbons (Fsp3) is 0.364. The summed E-state index contributed by atoms with van der Waals surface area (Å²) < 4.78 is 3.42. The summed E-state index contributed by atoms with van der Waals surface area (Å²) in [4.78, 5) is 25.7.